The molecule has 0 bridgehead atoms. The lowest BCUT2D eigenvalue weighted by atomic mass is 10.0. The number of hydrogen-bond donors (Lipinski definition) is 1. The zero-order chi connectivity index (χ0) is 10.9. The first-order valence-corrected chi connectivity index (χ1v) is 4.70. The first-order valence-electron chi connectivity index (χ1n) is 3.90. The molecule has 0 aromatic heterocycles. The Balaban J connectivity index is 3.12. The highest BCUT2D eigenvalue weighted by molar-refractivity contribution is 9.10. The van der Waals surface area contributed by atoms with Gasteiger partial charge in [0.2, 0.25) is 0 Å². The number of aryl methyl sites for hydroxylation is 1. The summed E-state index contributed by atoms with van der Waals surface area (Å²) in [6, 6.07) is 2.76. The van der Waals surface area contributed by atoms with Crippen LogP contribution in [0.1, 0.15) is 17.2 Å². The lowest BCUT2D eigenvalue weighted by molar-refractivity contribution is -0.149. The summed E-state index contributed by atoms with van der Waals surface area (Å²) in [6.07, 6.45) is -4.40. The fourth-order valence-electron chi connectivity index (χ4n) is 1.12. The van der Waals surface area contributed by atoms with E-state index in [0.29, 0.717) is 10.0 Å². The molecule has 0 spiro atoms. The van der Waals surface area contributed by atoms with Crippen LogP contribution in [0.3, 0.4) is 0 Å². The van der Waals surface area contributed by atoms with Crippen LogP contribution in [-0.4, -0.2) is 6.18 Å². The van der Waals surface area contributed by atoms with Gasteiger partial charge in [-0.15, -0.1) is 0 Å². The predicted molar refractivity (Wildman–Crippen MR) is 51.9 cm³/mol. The van der Waals surface area contributed by atoms with Crippen LogP contribution in [0.5, 0.6) is 0 Å². The van der Waals surface area contributed by atoms with Crippen molar-refractivity contribution in [1.29, 1.82) is 0 Å². The zero-order valence-electron chi connectivity index (χ0n) is 7.40. The normalized spacial score (nSPS) is 14.1. The van der Waals surface area contributed by atoms with Gasteiger partial charge in [-0.25, -0.2) is 0 Å². The first-order chi connectivity index (χ1) is 6.32. The fourth-order valence-corrected chi connectivity index (χ4v) is 1.50. The van der Waals surface area contributed by atoms with E-state index in [1.54, 1.807) is 19.1 Å². The minimum absolute atomic E-state index is 0.104. The summed E-state index contributed by atoms with van der Waals surface area (Å²) in [5.41, 5.74) is 5.74. The Morgan fingerprint density at radius 2 is 1.93 bits per heavy atom. The van der Waals surface area contributed by atoms with E-state index in [1.807, 2.05) is 0 Å². The maximum atomic E-state index is 12.3. The Morgan fingerprint density at radius 1 is 1.36 bits per heavy atom. The highest BCUT2D eigenvalue weighted by Crippen LogP contribution is 2.33. The van der Waals surface area contributed by atoms with Crippen molar-refractivity contribution in [2.45, 2.75) is 19.1 Å². The first kappa shape index (κ1) is 11.5. The van der Waals surface area contributed by atoms with Crippen LogP contribution in [-0.2, 0) is 0 Å². The Bertz CT molecular complexity index is 335. The summed E-state index contributed by atoms with van der Waals surface area (Å²) < 4.78 is 37.5. The molecule has 5 heteroatoms. The summed E-state index contributed by atoms with van der Waals surface area (Å²) in [5, 5.41) is 0. The van der Waals surface area contributed by atoms with Gasteiger partial charge in [0.25, 0.3) is 0 Å². The molecular formula is C9H9BrF3N. The number of alkyl halides is 3. The van der Waals surface area contributed by atoms with Crippen LogP contribution in [0, 0.1) is 6.92 Å². The minimum Gasteiger partial charge on any atom is -0.316 e. The number of halogens is 4. The molecule has 1 nitrogen and oxygen atoms in total. The SMILES string of the molecule is Cc1ccc(Br)cc1[C@H](N)C(F)(F)F. The number of hydrogen-bond acceptors (Lipinski definition) is 1. The molecule has 0 radical (unpaired) electrons. The Hall–Kier alpha value is -0.550. The van der Waals surface area contributed by atoms with E-state index < -0.39 is 12.2 Å². The van der Waals surface area contributed by atoms with Gasteiger partial charge in [-0.2, -0.15) is 13.2 Å². The minimum atomic E-state index is -4.40. The van der Waals surface area contributed by atoms with Crippen molar-refractivity contribution in [3.05, 3.63) is 33.8 Å². The highest BCUT2D eigenvalue weighted by atomic mass is 79.9. The van der Waals surface area contributed by atoms with Crippen molar-refractivity contribution in [2.24, 2.45) is 5.73 Å². The van der Waals surface area contributed by atoms with E-state index in [4.69, 9.17) is 5.73 Å². The molecule has 0 aliphatic heterocycles. The largest absolute Gasteiger partial charge is 0.407 e. The van der Waals surface area contributed by atoms with Gasteiger partial charge in [-0.05, 0) is 30.2 Å². The third-order valence-electron chi connectivity index (χ3n) is 1.93. The molecule has 1 atom stereocenters. The molecule has 0 amide bonds. The van der Waals surface area contributed by atoms with E-state index >= 15 is 0 Å². The van der Waals surface area contributed by atoms with Crippen LogP contribution in [0.2, 0.25) is 0 Å². The molecule has 0 fully saturated rings. The van der Waals surface area contributed by atoms with Gasteiger partial charge in [0.15, 0.2) is 0 Å². The van der Waals surface area contributed by atoms with Gasteiger partial charge in [-0.3, -0.25) is 0 Å². The number of nitrogens with two attached hydrogens (primary N) is 1. The van der Waals surface area contributed by atoms with Crippen molar-refractivity contribution in [3.63, 3.8) is 0 Å². The van der Waals surface area contributed by atoms with Gasteiger partial charge in [0.05, 0.1) is 0 Å². The lowest BCUT2D eigenvalue weighted by Gasteiger charge is -2.18. The quantitative estimate of drug-likeness (QED) is 0.830. The molecule has 78 valence electrons. The molecule has 14 heavy (non-hydrogen) atoms. The molecule has 0 saturated carbocycles. The van der Waals surface area contributed by atoms with Crippen LogP contribution >= 0.6 is 15.9 Å². The molecule has 1 aromatic carbocycles. The molecule has 2 N–H and O–H groups in total. The second-order valence-corrected chi connectivity index (χ2v) is 3.94. The summed E-state index contributed by atoms with van der Waals surface area (Å²) in [5.74, 6) is 0. The zero-order valence-corrected chi connectivity index (χ0v) is 8.98. The third kappa shape index (κ3) is 2.48. The summed E-state index contributed by atoms with van der Waals surface area (Å²) >= 11 is 3.11. The fraction of sp³-hybridized carbons (Fsp3) is 0.333. The molecule has 0 aliphatic rings. The summed E-state index contributed by atoms with van der Waals surface area (Å²) in [4.78, 5) is 0. The van der Waals surface area contributed by atoms with Crippen molar-refractivity contribution in [1.82, 2.24) is 0 Å². The molecule has 0 aliphatic carbocycles. The molecule has 1 rings (SSSR count). The Kier molecular flexibility index (Phi) is 3.21. The Labute approximate surface area is 88.2 Å². The van der Waals surface area contributed by atoms with E-state index in [2.05, 4.69) is 15.9 Å². The highest BCUT2D eigenvalue weighted by Gasteiger charge is 2.38. The molecular weight excluding hydrogens is 259 g/mol. The predicted octanol–water partition coefficient (Wildman–Crippen LogP) is 3.32. The van der Waals surface area contributed by atoms with Crippen molar-refractivity contribution in [2.75, 3.05) is 0 Å². The average Bonchev–Trinajstić information content (AvgIpc) is 2.06. The van der Waals surface area contributed by atoms with Crippen LogP contribution in [0.15, 0.2) is 22.7 Å². The van der Waals surface area contributed by atoms with Crippen LogP contribution in [0.25, 0.3) is 0 Å². The molecule has 0 saturated heterocycles. The number of benzene rings is 1. The smallest absolute Gasteiger partial charge is 0.316 e. The third-order valence-corrected chi connectivity index (χ3v) is 2.42. The standard InChI is InChI=1S/C9H9BrF3N/c1-5-2-3-6(10)4-7(5)8(14)9(11,12)13/h2-4,8H,14H2,1H3/t8-/m0/s1. The Morgan fingerprint density at radius 3 is 2.43 bits per heavy atom. The van der Waals surface area contributed by atoms with Crippen molar-refractivity contribution < 1.29 is 13.2 Å². The van der Waals surface area contributed by atoms with Crippen LogP contribution < -0.4 is 5.73 Å². The summed E-state index contributed by atoms with van der Waals surface area (Å²) in [7, 11) is 0. The molecule has 1 aromatic rings. The van der Waals surface area contributed by atoms with Gasteiger partial charge < -0.3 is 5.73 Å². The van der Waals surface area contributed by atoms with Gasteiger partial charge in [-0.1, -0.05) is 22.0 Å². The maximum Gasteiger partial charge on any atom is 0.407 e. The van der Waals surface area contributed by atoms with Crippen molar-refractivity contribution in [3.8, 4) is 0 Å². The van der Waals surface area contributed by atoms with E-state index in [1.165, 1.54) is 6.07 Å². The lowest BCUT2D eigenvalue weighted by Crippen LogP contribution is -2.29. The number of rotatable bonds is 1. The van der Waals surface area contributed by atoms with Gasteiger partial charge >= 0.3 is 6.18 Å². The van der Waals surface area contributed by atoms with Crippen molar-refractivity contribution >= 4 is 15.9 Å². The second kappa shape index (κ2) is 3.90. The van der Waals surface area contributed by atoms with Crippen LogP contribution in [0.4, 0.5) is 13.2 Å². The van der Waals surface area contributed by atoms with Gasteiger partial charge in [0, 0.05) is 4.47 Å². The monoisotopic (exact) mass is 267 g/mol. The molecule has 0 heterocycles. The summed E-state index contributed by atoms with van der Waals surface area (Å²) in [6.45, 7) is 1.60. The second-order valence-electron chi connectivity index (χ2n) is 3.02. The van der Waals surface area contributed by atoms with E-state index in [-0.39, 0.29) is 5.56 Å². The van der Waals surface area contributed by atoms with E-state index in [9.17, 15) is 13.2 Å². The maximum absolute atomic E-state index is 12.3. The van der Waals surface area contributed by atoms with Gasteiger partial charge in [0.1, 0.15) is 6.04 Å². The molecule has 0 unspecified atom stereocenters. The van der Waals surface area contributed by atoms with E-state index in [0.717, 1.165) is 0 Å². The average molecular weight is 268 g/mol. The topological polar surface area (TPSA) is 26.0 Å².